The first-order valence-corrected chi connectivity index (χ1v) is 5.04. The van der Waals surface area contributed by atoms with Crippen LogP contribution in [0.3, 0.4) is 0 Å². The molecule has 0 bridgehead atoms. The van der Waals surface area contributed by atoms with Crippen molar-refractivity contribution in [2.45, 2.75) is 27.2 Å². The molecule has 0 unspecified atom stereocenters. The van der Waals surface area contributed by atoms with Gasteiger partial charge < -0.3 is 10.3 Å². The Labute approximate surface area is 89.1 Å². The van der Waals surface area contributed by atoms with E-state index in [1.807, 2.05) is 6.92 Å². The smallest absolute Gasteiger partial charge is 0.253 e. The summed E-state index contributed by atoms with van der Waals surface area (Å²) in [6.45, 7) is 6.21. The molecule has 0 aliphatic carbocycles. The van der Waals surface area contributed by atoms with Gasteiger partial charge in [-0.25, -0.2) is 0 Å². The van der Waals surface area contributed by atoms with Crippen molar-refractivity contribution in [1.82, 2.24) is 10.3 Å². The van der Waals surface area contributed by atoms with Crippen molar-refractivity contribution >= 4 is 12.2 Å². The lowest BCUT2D eigenvalue weighted by Crippen LogP contribution is -2.24. The molecule has 0 aliphatic heterocycles. The summed E-state index contributed by atoms with van der Waals surface area (Å²) in [4.78, 5) is 25.3. The van der Waals surface area contributed by atoms with Crippen LogP contribution in [0.1, 0.15) is 45.4 Å². The third kappa shape index (κ3) is 2.26. The fourth-order valence-corrected chi connectivity index (χ4v) is 1.56. The third-order valence-electron chi connectivity index (χ3n) is 2.36. The number of rotatable bonds is 4. The monoisotopic (exact) mass is 208 g/mol. The molecule has 1 heterocycles. The van der Waals surface area contributed by atoms with Gasteiger partial charge in [-0.3, -0.25) is 9.59 Å². The SMILES string of the molecule is CCCNC(=O)c1c(C)[nH]c(C=O)c1C. The van der Waals surface area contributed by atoms with Crippen molar-refractivity contribution in [3.8, 4) is 0 Å². The highest BCUT2D eigenvalue weighted by molar-refractivity contribution is 5.99. The largest absolute Gasteiger partial charge is 0.356 e. The average Bonchev–Trinajstić information content (AvgIpc) is 2.50. The zero-order chi connectivity index (χ0) is 11.4. The summed E-state index contributed by atoms with van der Waals surface area (Å²) in [5, 5.41) is 2.79. The molecule has 1 amide bonds. The normalized spacial score (nSPS) is 10.1. The van der Waals surface area contributed by atoms with Crippen LogP contribution in [-0.2, 0) is 0 Å². The minimum atomic E-state index is -0.115. The summed E-state index contributed by atoms with van der Waals surface area (Å²) < 4.78 is 0. The Hall–Kier alpha value is -1.58. The molecular weight excluding hydrogens is 192 g/mol. The Morgan fingerprint density at radius 1 is 1.47 bits per heavy atom. The molecule has 0 aliphatic rings. The van der Waals surface area contributed by atoms with Gasteiger partial charge in [-0.05, 0) is 25.8 Å². The fourth-order valence-electron chi connectivity index (χ4n) is 1.56. The van der Waals surface area contributed by atoms with Crippen LogP contribution in [0.25, 0.3) is 0 Å². The highest BCUT2D eigenvalue weighted by Crippen LogP contribution is 2.16. The van der Waals surface area contributed by atoms with Crippen molar-refractivity contribution in [1.29, 1.82) is 0 Å². The number of aryl methyl sites for hydroxylation is 1. The van der Waals surface area contributed by atoms with Crippen LogP contribution in [0, 0.1) is 13.8 Å². The van der Waals surface area contributed by atoms with E-state index in [2.05, 4.69) is 10.3 Å². The van der Waals surface area contributed by atoms with Crippen molar-refractivity contribution in [3.63, 3.8) is 0 Å². The second kappa shape index (κ2) is 4.77. The van der Waals surface area contributed by atoms with E-state index in [4.69, 9.17) is 0 Å². The summed E-state index contributed by atoms with van der Waals surface area (Å²) in [5.74, 6) is -0.115. The number of nitrogens with one attached hydrogen (secondary N) is 2. The quantitative estimate of drug-likeness (QED) is 0.738. The molecule has 0 atom stereocenters. The molecule has 0 aromatic carbocycles. The van der Waals surface area contributed by atoms with E-state index < -0.39 is 0 Å². The van der Waals surface area contributed by atoms with Crippen molar-refractivity contribution in [3.05, 3.63) is 22.5 Å². The van der Waals surface area contributed by atoms with Gasteiger partial charge in [0.25, 0.3) is 5.91 Å². The zero-order valence-electron chi connectivity index (χ0n) is 9.31. The van der Waals surface area contributed by atoms with Crippen LogP contribution in [0.5, 0.6) is 0 Å². The Morgan fingerprint density at radius 2 is 2.13 bits per heavy atom. The van der Waals surface area contributed by atoms with Crippen LogP contribution in [-0.4, -0.2) is 23.7 Å². The van der Waals surface area contributed by atoms with E-state index in [9.17, 15) is 9.59 Å². The van der Waals surface area contributed by atoms with E-state index in [1.54, 1.807) is 13.8 Å². The lowest BCUT2D eigenvalue weighted by Gasteiger charge is -2.03. The predicted molar refractivity (Wildman–Crippen MR) is 58.3 cm³/mol. The van der Waals surface area contributed by atoms with Gasteiger partial charge >= 0.3 is 0 Å². The first-order valence-electron chi connectivity index (χ1n) is 5.04. The molecule has 0 spiro atoms. The van der Waals surface area contributed by atoms with Gasteiger partial charge in [0.1, 0.15) is 0 Å². The summed E-state index contributed by atoms with van der Waals surface area (Å²) in [6.07, 6.45) is 1.63. The molecule has 82 valence electrons. The molecule has 0 radical (unpaired) electrons. The van der Waals surface area contributed by atoms with Gasteiger partial charge in [0.05, 0.1) is 11.3 Å². The summed E-state index contributed by atoms with van der Waals surface area (Å²) >= 11 is 0. The topological polar surface area (TPSA) is 62.0 Å². The maximum Gasteiger partial charge on any atom is 0.253 e. The van der Waals surface area contributed by atoms with E-state index in [0.717, 1.165) is 24.0 Å². The molecule has 1 aromatic rings. The number of carbonyl (C=O) groups excluding carboxylic acids is 2. The number of hydrogen-bond acceptors (Lipinski definition) is 2. The number of aldehydes is 1. The molecule has 15 heavy (non-hydrogen) atoms. The fraction of sp³-hybridized carbons (Fsp3) is 0.455. The standard InChI is InChI=1S/C11H16N2O2/c1-4-5-12-11(15)10-7(2)9(6-14)13-8(10)3/h6,13H,4-5H2,1-3H3,(H,12,15). The number of amides is 1. The molecule has 0 saturated heterocycles. The molecule has 1 rings (SSSR count). The van der Waals surface area contributed by atoms with Crippen LogP contribution >= 0.6 is 0 Å². The van der Waals surface area contributed by atoms with E-state index in [0.29, 0.717) is 17.8 Å². The van der Waals surface area contributed by atoms with Crippen molar-refractivity contribution in [2.75, 3.05) is 6.54 Å². The van der Waals surface area contributed by atoms with Gasteiger partial charge in [-0.1, -0.05) is 6.92 Å². The average molecular weight is 208 g/mol. The zero-order valence-corrected chi connectivity index (χ0v) is 9.31. The summed E-state index contributed by atoms with van der Waals surface area (Å²) in [7, 11) is 0. The van der Waals surface area contributed by atoms with Gasteiger partial charge in [0.15, 0.2) is 6.29 Å². The minimum Gasteiger partial charge on any atom is -0.356 e. The number of aromatic nitrogens is 1. The van der Waals surface area contributed by atoms with Gasteiger partial charge in [-0.15, -0.1) is 0 Å². The van der Waals surface area contributed by atoms with Gasteiger partial charge in [0, 0.05) is 12.2 Å². The third-order valence-corrected chi connectivity index (χ3v) is 2.36. The predicted octanol–water partition coefficient (Wildman–Crippen LogP) is 1.58. The Morgan fingerprint density at radius 3 is 2.60 bits per heavy atom. The molecule has 2 N–H and O–H groups in total. The number of H-pyrrole nitrogens is 1. The second-order valence-corrected chi connectivity index (χ2v) is 3.54. The van der Waals surface area contributed by atoms with Crippen LogP contribution in [0.2, 0.25) is 0 Å². The van der Waals surface area contributed by atoms with Gasteiger partial charge in [0.2, 0.25) is 0 Å². The van der Waals surface area contributed by atoms with E-state index >= 15 is 0 Å². The number of carbonyl (C=O) groups is 2. The van der Waals surface area contributed by atoms with Gasteiger partial charge in [-0.2, -0.15) is 0 Å². The van der Waals surface area contributed by atoms with E-state index in [-0.39, 0.29) is 5.91 Å². The molecule has 0 fully saturated rings. The maximum atomic E-state index is 11.7. The minimum absolute atomic E-state index is 0.115. The maximum absolute atomic E-state index is 11.7. The highest BCUT2D eigenvalue weighted by atomic mass is 16.1. The molecule has 4 nitrogen and oxygen atoms in total. The van der Waals surface area contributed by atoms with Crippen molar-refractivity contribution in [2.24, 2.45) is 0 Å². The summed E-state index contributed by atoms with van der Waals surface area (Å²) in [6, 6.07) is 0. The first-order chi connectivity index (χ1) is 7.11. The van der Waals surface area contributed by atoms with Crippen LogP contribution in [0.4, 0.5) is 0 Å². The highest BCUT2D eigenvalue weighted by Gasteiger charge is 2.16. The number of hydrogen-bond donors (Lipinski definition) is 2. The Kier molecular flexibility index (Phi) is 3.66. The number of aromatic amines is 1. The second-order valence-electron chi connectivity index (χ2n) is 3.54. The first kappa shape index (κ1) is 11.5. The Bertz CT molecular complexity index is 380. The molecule has 4 heteroatoms. The van der Waals surface area contributed by atoms with Crippen LogP contribution in [0.15, 0.2) is 0 Å². The molecule has 1 aromatic heterocycles. The van der Waals surface area contributed by atoms with Crippen LogP contribution < -0.4 is 5.32 Å². The lowest BCUT2D eigenvalue weighted by molar-refractivity contribution is 0.0952. The summed E-state index contributed by atoms with van der Waals surface area (Å²) in [5.41, 5.74) is 2.53. The molecular formula is C11H16N2O2. The van der Waals surface area contributed by atoms with E-state index in [1.165, 1.54) is 0 Å². The lowest BCUT2D eigenvalue weighted by atomic mass is 10.1. The molecule has 0 saturated carbocycles. The Balaban J connectivity index is 2.98. The van der Waals surface area contributed by atoms with Crippen molar-refractivity contribution < 1.29 is 9.59 Å².